The first-order valence-corrected chi connectivity index (χ1v) is 6.93. The van der Waals surface area contributed by atoms with E-state index in [-0.39, 0.29) is 17.1 Å². The minimum Gasteiger partial charge on any atom is -0.507 e. The van der Waals surface area contributed by atoms with E-state index in [0.717, 1.165) is 8.95 Å². The Bertz CT molecular complexity index is 606. The number of benzene rings is 2. The van der Waals surface area contributed by atoms with Crippen LogP contribution in [0.4, 0.5) is 0 Å². The third-order valence-corrected chi connectivity index (χ3v) is 3.48. The number of ketones is 1. The second kappa shape index (κ2) is 5.43. The summed E-state index contributed by atoms with van der Waals surface area (Å²) in [6, 6.07) is 9.59. The predicted molar refractivity (Wildman–Crippen MR) is 78.4 cm³/mol. The largest absolute Gasteiger partial charge is 0.507 e. The van der Waals surface area contributed by atoms with Crippen LogP contribution in [0.1, 0.15) is 15.9 Å². The van der Waals surface area contributed by atoms with Crippen molar-refractivity contribution in [3.8, 4) is 5.75 Å². The molecule has 0 heterocycles. The second-order valence-corrected chi connectivity index (χ2v) is 5.92. The molecular formula is C13H7Br2ClO2. The lowest BCUT2D eigenvalue weighted by Gasteiger charge is -2.06. The molecule has 0 aliphatic heterocycles. The van der Waals surface area contributed by atoms with Crippen LogP contribution in [-0.2, 0) is 0 Å². The van der Waals surface area contributed by atoms with Gasteiger partial charge in [-0.25, -0.2) is 0 Å². The van der Waals surface area contributed by atoms with Gasteiger partial charge in [-0.05, 0) is 36.4 Å². The smallest absolute Gasteiger partial charge is 0.196 e. The minimum absolute atomic E-state index is 0.0829. The van der Waals surface area contributed by atoms with Gasteiger partial charge in [0.25, 0.3) is 0 Å². The molecule has 0 bridgehead atoms. The first kappa shape index (κ1) is 13.6. The second-order valence-electron chi connectivity index (χ2n) is 3.65. The summed E-state index contributed by atoms with van der Waals surface area (Å²) in [7, 11) is 0. The molecule has 5 heteroatoms. The summed E-state index contributed by atoms with van der Waals surface area (Å²) >= 11 is 12.5. The molecule has 2 nitrogen and oxygen atoms in total. The third kappa shape index (κ3) is 2.94. The van der Waals surface area contributed by atoms with Crippen molar-refractivity contribution in [1.82, 2.24) is 0 Å². The number of phenolic OH excluding ortho intramolecular Hbond substituents is 1. The van der Waals surface area contributed by atoms with Crippen molar-refractivity contribution in [2.45, 2.75) is 0 Å². The lowest BCUT2D eigenvalue weighted by molar-refractivity contribution is 0.103. The number of phenols is 1. The Balaban J connectivity index is 2.51. The van der Waals surface area contributed by atoms with Crippen molar-refractivity contribution in [2.75, 3.05) is 0 Å². The number of hydrogen-bond acceptors (Lipinski definition) is 2. The summed E-state index contributed by atoms with van der Waals surface area (Å²) in [5.41, 5.74) is 0.654. The Labute approximate surface area is 126 Å². The Morgan fingerprint density at radius 3 is 2.28 bits per heavy atom. The Kier molecular flexibility index (Phi) is 4.10. The van der Waals surface area contributed by atoms with E-state index < -0.39 is 0 Å². The number of hydrogen-bond donors (Lipinski definition) is 1. The monoisotopic (exact) mass is 388 g/mol. The molecule has 0 aliphatic carbocycles. The number of rotatable bonds is 2. The fourth-order valence-electron chi connectivity index (χ4n) is 1.53. The van der Waals surface area contributed by atoms with E-state index >= 15 is 0 Å². The molecule has 0 aliphatic rings. The van der Waals surface area contributed by atoms with E-state index in [9.17, 15) is 9.90 Å². The lowest BCUT2D eigenvalue weighted by Crippen LogP contribution is -2.02. The number of carbonyl (C=O) groups is 1. The molecule has 2 rings (SSSR count). The van der Waals surface area contributed by atoms with E-state index in [1.54, 1.807) is 12.1 Å². The molecule has 2 aromatic rings. The predicted octanol–water partition coefficient (Wildman–Crippen LogP) is 4.80. The van der Waals surface area contributed by atoms with Crippen LogP contribution in [0.5, 0.6) is 5.75 Å². The average molecular weight is 390 g/mol. The van der Waals surface area contributed by atoms with E-state index in [2.05, 4.69) is 31.9 Å². The molecule has 0 atom stereocenters. The molecule has 18 heavy (non-hydrogen) atoms. The topological polar surface area (TPSA) is 37.3 Å². The first-order chi connectivity index (χ1) is 8.47. The first-order valence-electron chi connectivity index (χ1n) is 4.96. The molecule has 0 radical (unpaired) electrons. The maximum Gasteiger partial charge on any atom is 0.196 e. The van der Waals surface area contributed by atoms with Crippen molar-refractivity contribution in [3.63, 3.8) is 0 Å². The van der Waals surface area contributed by atoms with Gasteiger partial charge in [0.05, 0.1) is 5.56 Å². The van der Waals surface area contributed by atoms with E-state index in [1.807, 2.05) is 6.07 Å². The van der Waals surface area contributed by atoms with Crippen LogP contribution in [0.15, 0.2) is 45.3 Å². The maximum atomic E-state index is 12.3. The average Bonchev–Trinajstić information content (AvgIpc) is 2.30. The van der Waals surface area contributed by atoms with Gasteiger partial charge < -0.3 is 5.11 Å². The van der Waals surface area contributed by atoms with Gasteiger partial charge in [0.15, 0.2) is 5.78 Å². The van der Waals surface area contributed by atoms with Gasteiger partial charge in [0.2, 0.25) is 0 Å². The molecule has 92 valence electrons. The summed E-state index contributed by atoms with van der Waals surface area (Å²) in [6.07, 6.45) is 0. The van der Waals surface area contributed by atoms with E-state index in [4.69, 9.17) is 11.6 Å². The highest BCUT2D eigenvalue weighted by Gasteiger charge is 2.15. The van der Waals surface area contributed by atoms with Crippen molar-refractivity contribution >= 4 is 49.2 Å². The van der Waals surface area contributed by atoms with Crippen LogP contribution in [-0.4, -0.2) is 10.9 Å². The van der Waals surface area contributed by atoms with Crippen LogP contribution >= 0.6 is 43.5 Å². The van der Waals surface area contributed by atoms with Gasteiger partial charge in [-0.2, -0.15) is 0 Å². The van der Waals surface area contributed by atoms with Crippen LogP contribution in [0.2, 0.25) is 5.02 Å². The molecule has 1 N–H and O–H groups in total. The van der Waals surface area contributed by atoms with Gasteiger partial charge in [-0.1, -0.05) is 43.5 Å². The summed E-state index contributed by atoms with van der Waals surface area (Å²) in [5.74, 6) is -0.363. The van der Waals surface area contributed by atoms with Crippen LogP contribution in [0, 0.1) is 0 Å². The van der Waals surface area contributed by atoms with Gasteiger partial charge in [0.1, 0.15) is 5.75 Å². The number of aromatic hydroxyl groups is 1. The zero-order valence-electron chi connectivity index (χ0n) is 8.95. The zero-order chi connectivity index (χ0) is 13.3. The molecule has 0 spiro atoms. The Morgan fingerprint density at radius 2 is 1.67 bits per heavy atom. The minimum atomic E-state index is -0.281. The van der Waals surface area contributed by atoms with Gasteiger partial charge in [-0.15, -0.1) is 0 Å². The molecule has 0 saturated heterocycles. The van der Waals surface area contributed by atoms with E-state index in [0.29, 0.717) is 10.6 Å². The molecule has 0 unspecified atom stereocenters. The van der Waals surface area contributed by atoms with Gasteiger partial charge in [-0.3, -0.25) is 4.79 Å². The van der Waals surface area contributed by atoms with Gasteiger partial charge in [0, 0.05) is 19.5 Å². The van der Waals surface area contributed by atoms with Gasteiger partial charge >= 0.3 is 0 Å². The standard InChI is InChI=1S/C13H7Br2ClO2/c14-8-3-7(4-9(15)5-8)13(18)11-6-10(16)1-2-12(11)17/h1-6,17H. The molecule has 0 saturated carbocycles. The number of halogens is 3. The zero-order valence-corrected chi connectivity index (χ0v) is 12.9. The number of carbonyl (C=O) groups excluding carboxylic acids is 1. The Morgan fingerprint density at radius 1 is 1.06 bits per heavy atom. The highest BCUT2D eigenvalue weighted by molar-refractivity contribution is 9.11. The van der Waals surface area contributed by atoms with Crippen molar-refractivity contribution in [3.05, 3.63) is 61.5 Å². The summed E-state index contributed by atoms with van der Waals surface area (Å²) < 4.78 is 1.56. The van der Waals surface area contributed by atoms with E-state index in [1.165, 1.54) is 18.2 Å². The van der Waals surface area contributed by atoms with Crippen LogP contribution in [0.25, 0.3) is 0 Å². The van der Waals surface area contributed by atoms with Crippen LogP contribution in [0.3, 0.4) is 0 Å². The summed E-state index contributed by atoms with van der Waals surface area (Å²) in [4.78, 5) is 12.3. The Hall–Kier alpha value is -0.840. The molecule has 0 aromatic heterocycles. The fourth-order valence-corrected chi connectivity index (χ4v) is 3.00. The highest BCUT2D eigenvalue weighted by atomic mass is 79.9. The molecule has 0 amide bonds. The lowest BCUT2D eigenvalue weighted by atomic mass is 10.0. The molecule has 2 aromatic carbocycles. The molecule has 0 fully saturated rings. The van der Waals surface area contributed by atoms with Crippen molar-refractivity contribution in [1.29, 1.82) is 0 Å². The summed E-state index contributed by atoms with van der Waals surface area (Å²) in [5, 5.41) is 10.1. The van der Waals surface area contributed by atoms with Crippen LogP contribution < -0.4 is 0 Å². The fraction of sp³-hybridized carbons (Fsp3) is 0. The SMILES string of the molecule is O=C(c1cc(Br)cc(Br)c1)c1cc(Cl)ccc1O. The van der Waals surface area contributed by atoms with Crippen molar-refractivity contribution in [2.24, 2.45) is 0 Å². The maximum absolute atomic E-state index is 12.3. The molecular weight excluding hydrogens is 383 g/mol. The summed E-state index contributed by atoms with van der Waals surface area (Å²) in [6.45, 7) is 0. The normalized spacial score (nSPS) is 10.4. The highest BCUT2D eigenvalue weighted by Crippen LogP contribution is 2.27. The quantitative estimate of drug-likeness (QED) is 0.748. The van der Waals surface area contributed by atoms with Crippen molar-refractivity contribution < 1.29 is 9.90 Å². The third-order valence-electron chi connectivity index (χ3n) is 2.33.